The zero-order valence-electron chi connectivity index (χ0n) is 11.0. The first-order chi connectivity index (χ1) is 9.79. The van der Waals surface area contributed by atoms with Crippen molar-refractivity contribution >= 4 is 0 Å². The average Bonchev–Trinajstić information content (AvgIpc) is 2.90. The monoisotopic (exact) mass is 266 g/mol. The number of H-pyrrole nitrogens is 1. The standard InChI is InChI=1S/C16H14N2O2/c1-20-15-10-6-5-9-13(15)14-11-16(19)18(17-14)12-7-3-2-4-8-12/h2-11,17H,1H3. The third-order valence-corrected chi connectivity index (χ3v) is 3.13. The van der Waals surface area contributed by atoms with E-state index in [-0.39, 0.29) is 5.56 Å². The lowest BCUT2D eigenvalue weighted by Crippen LogP contribution is -2.12. The van der Waals surface area contributed by atoms with Gasteiger partial charge in [-0.2, -0.15) is 0 Å². The number of nitrogens with one attached hydrogen (secondary N) is 1. The van der Waals surface area contributed by atoms with E-state index in [4.69, 9.17) is 4.74 Å². The Bertz CT molecular complexity index is 772. The van der Waals surface area contributed by atoms with E-state index in [1.807, 2.05) is 54.6 Å². The van der Waals surface area contributed by atoms with E-state index < -0.39 is 0 Å². The van der Waals surface area contributed by atoms with Crippen LogP contribution < -0.4 is 10.3 Å². The van der Waals surface area contributed by atoms with Gasteiger partial charge in [-0.3, -0.25) is 9.89 Å². The van der Waals surface area contributed by atoms with Crippen molar-refractivity contribution in [2.45, 2.75) is 0 Å². The van der Waals surface area contributed by atoms with Gasteiger partial charge in [0, 0.05) is 11.6 Å². The molecule has 0 aliphatic rings. The van der Waals surface area contributed by atoms with Crippen LogP contribution in [-0.4, -0.2) is 16.9 Å². The summed E-state index contributed by atoms with van der Waals surface area (Å²) in [6.45, 7) is 0. The third kappa shape index (κ3) is 2.12. The van der Waals surface area contributed by atoms with Gasteiger partial charge in [0.1, 0.15) is 5.75 Å². The minimum atomic E-state index is -0.0999. The number of methoxy groups -OCH3 is 1. The minimum absolute atomic E-state index is 0.0999. The van der Waals surface area contributed by atoms with Crippen LogP contribution in [0.3, 0.4) is 0 Å². The van der Waals surface area contributed by atoms with Crippen LogP contribution in [0.2, 0.25) is 0 Å². The molecule has 2 aromatic carbocycles. The molecule has 0 unspecified atom stereocenters. The maximum Gasteiger partial charge on any atom is 0.271 e. The zero-order chi connectivity index (χ0) is 13.9. The van der Waals surface area contributed by atoms with E-state index in [0.29, 0.717) is 0 Å². The Kier molecular flexibility index (Phi) is 3.13. The van der Waals surface area contributed by atoms with Gasteiger partial charge in [0.25, 0.3) is 5.56 Å². The Morgan fingerprint density at radius 1 is 1.00 bits per heavy atom. The van der Waals surface area contributed by atoms with Gasteiger partial charge in [-0.15, -0.1) is 0 Å². The Morgan fingerprint density at radius 2 is 1.70 bits per heavy atom. The molecule has 20 heavy (non-hydrogen) atoms. The molecule has 4 nitrogen and oxygen atoms in total. The normalized spacial score (nSPS) is 10.4. The summed E-state index contributed by atoms with van der Waals surface area (Å²) in [5, 5.41) is 3.11. The molecule has 0 bridgehead atoms. The zero-order valence-corrected chi connectivity index (χ0v) is 11.0. The van der Waals surface area contributed by atoms with Crippen LogP contribution in [0.25, 0.3) is 16.9 Å². The van der Waals surface area contributed by atoms with Gasteiger partial charge in [-0.25, -0.2) is 4.68 Å². The molecule has 0 atom stereocenters. The maximum absolute atomic E-state index is 12.1. The first kappa shape index (κ1) is 12.3. The molecule has 0 spiro atoms. The highest BCUT2D eigenvalue weighted by atomic mass is 16.5. The number of ether oxygens (including phenoxy) is 1. The summed E-state index contributed by atoms with van der Waals surface area (Å²) >= 11 is 0. The summed E-state index contributed by atoms with van der Waals surface area (Å²) in [5.74, 6) is 0.731. The highest BCUT2D eigenvalue weighted by Crippen LogP contribution is 2.27. The van der Waals surface area contributed by atoms with Crippen molar-refractivity contribution in [1.29, 1.82) is 0 Å². The second-order valence-corrected chi connectivity index (χ2v) is 4.38. The van der Waals surface area contributed by atoms with Crippen LogP contribution in [0, 0.1) is 0 Å². The summed E-state index contributed by atoms with van der Waals surface area (Å²) in [6.07, 6.45) is 0. The van der Waals surface area contributed by atoms with Crippen LogP contribution in [0.1, 0.15) is 0 Å². The summed E-state index contributed by atoms with van der Waals surface area (Å²) in [6, 6.07) is 18.6. The number of hydrogen-bond donors (Lipinski definition) is 1. The lowest BCUT2D eigenvalue weighted by Gasteiger charge is -2.06. The Hall–Kier alpha value is -2.75. The second-order valence-electron chi connectivity index (χ2n) is 4.38. The Balaban J connectivity index is 2.12. The topological polar surface area (TPSA) is 47.0 Å². The van der Waals surface area contributed by atoms with E-state index in [0.717, 1.165) is 22.7 Å². The van der Waals surface area contributed by atoms with Crippen LogP contribution in [0.15, 0.2) is 65.5 Å². The van der Waals surface area contributed by atoms with Crippen LogP contribution in [0.4, 0.5) is 0 Å². The van der Waals surface area contributed by atoms with Gasteiger partial charge in [-0.1, -0.05) is 30.3 Å². The number of para-hydroxylation sites is 2. The van der Waals surface area contributed by atoms with Crippen LogP contribution >= 0.6 is 0 Å². The molecule has 0 radical (unpaired) electrons. The number of hydrogen-bond acceptors (Lipinski definition) is 2. The maximum atomic E-state index is 12.1. The smallest absolute Gasteiger partial charge is 0.271 e. The molecule has 1 N–H and O–H groups in total. The highest BCUT2D eigenvalue weighted by molar-refractivity contribution is 5.66. The molecule has 100 valence electrons. The average molecular weight is 266 g/mol. The lowest BCUT2D eigenvalue weighted by atomic mass is 10.1. The quantitative estimate of drug-likeness (QED) is 0.792. The van der Waals surface area contributed by atoms with E-state index in [1.165, 1.54) is 4.68 Å². The fraction of sp³-hybridized carbons (Fsp3) is 0.0625. The molecule has 4 heteroatoms. The molecule has 0 aliphatic carbocycles. The molecule has 0 aliphatic heterocycles. The van der Waals surface area contributed by atoms with Crippen molar-refractivity contribution in [3.05, 3.63) is 71.0 Å². The first-order valence-electron chi connectivity index (χ1n) is 6.30. The predicted octanol–water partition coefficient (Wildman–Crippen LogP) is 2.84. The third-order valence-electron chi connectivity index (χ3n) is 3.13. The second kappa shape index (κ2) is 5.09. The summed E-state index contributed by atoms with van der Waals surface area (Å²) in [5.41, 5.74) is 2.30. The highest BCUT2D eigenvalue weighted by Gasteiger charge is 2.10. The molecular formula is C16H14N2O2. The van der Waals surface area contributed by atoms with Crippen molar-refractivity contribution in [2.75, 3.05) is 7.11 Å². The fourth-order valence-corrected chi connectivity index (χ4v) is 2.17. The predicted molar refractivity (Wildman–Crippen MR) is 78.4 cm³/mol. The summed E-state index contributed by atoms with van der Waals surface area (Å²) < 4.78 is 6.84. The van der Waals surface area contributed by atoms with E-state index in [2.05, 4.69) is 5.10 Å². The minimum Gasteiger partial charge on any atom is -0.496 e. The molecular weight excluding hydrogens is 252 g/mol. The number of nitrogens with zero attached hydrogens (tertiary/aromatic N) is 1. The number of rotatable bonds is 3. The number of benzene rings is 2. The Labute approximate surface area is 116 Å². The molecule has 1 aromatic heterocycles. The van der Waals surface area contributed by atoms with E-state index in [9.17, 15) is 4.79 Å². The molecule has 3 rings (SSSR count). The fourth-order valence-electron chi connectivity index (χ4n) is 2.17. The van der Waals surface area contributed by atoms with Crippen LogP contribution in [0.5, 0.6) is 5.75 Å². The molecule has 0 amide bonds. The Morgan fingerprint density at radius 3 is 2.45 bits per heavy atom. The molecule has 0 fully saturated rings. The SMILES string of the molecule is COc1ccccc1-c1cc(=O)n(-c2ccccc2)[nH]1. The van der Waals surface area contributed by atoms with Crippen molar-refractivity contribution < 1.29 is 4.74 Å². The van der Waals surface area contributed by atoms with Crippen LogP contribution in [-0.2, 0) is 0 Å². The summed E-state index contributed by atoms with van der Waals surface area (Å²) in [7, 11) is 1.62. The van der Waals surface area contributed by atoms with Gasteiger partial charge in [0.15, 0.2) is 0 Å². The van der Waals surface area contributed by atoms with E-state index in [1.54, 1.807) is 13.2 Å². The lowest BCUT2D eigenvalue weighted by molar-refractivity contribution is 0.416. The van der Waals surface area contributed by atoms with Gasteiger partial charge in [0.05, 0.1) is 18.5 Å². The van der Waals surface area contributed by atoms with Crippen molar-refractivity contribution in [1.82, 2.24) is 9.78 Å². The van der Waals surface area contributed by atoms with Crippen molar-refractivity contribution in [2.24, 2.45) is 0 Å². The molecule has 1 heterocycles. The summed E-state index contributed by atoms with van der Waals surface area (Å²) in [4.78, 5) is 12.1. The largest absolute Gasteiger partial charge is 0.496 e. The molecule has 0 saturated carbocycles. The van der Waals surface area contributed by atoms with E-state index >= 15 is 0 Å². The molecule has 3 aromatic rings. The van der Waals surface area contributed by atoms with Crippen molar-refractivity contribution in [3.8, 4) is 22.7 Å². The van der Waals surface area contributed by atoms with Gasteiger partial charge in [0.2, 0.25) is 0 Å². The number of aromatic nitrogens is 2. The van der Waals surface area contributed by atoms with Crippen molar-refractivity contribution in [3.63, 3.8) is 0 Å². The number of aromatic amines is 1. The van der Waals surface area contributed by atoms with Gasteiger partial charge < -0.3 is 4.74 Å². The first-order valence-corrected chi connectivity index (χ1v) is 6.30. The van der Waals surface area contributed by atoms with Gasteiger partial charge >= 0.3 is 0 Å². The van der Waals surface area contributed by atoms with Gasteiger partial charge in [-0.05, 0) is 24.3 Å². The molecule has 0 saturated heterocycles.